The number of aryl methyl sites for hydroxylation is 1. The molecule has 6 heteroatoms. The zero-order chi connectivity index (χ0) is 19.4. The fraction of sp³-hybridized carbons (Fsp3) is 0.190. The molecule has 2 aromatic rings. The van der Waals surface area contributed by atoms with Gasteiger partial charge in [0.25, 0.3) is 0 Å². The van der Waals surface area contributed by atoms with Gasteiger partial charge in [0.2, 0.25) is 10.0 Å². The molecule has 1 aliphatic heterocycles. The van der Waals surface area contributed by atoms with Crippen LogP contribution in [-0.4, -0.2) is 31.8 Å². The average molecular weight is 383 g/mol. The molecule has 1 heterocycles. The highest BCUT2D eigenvalue weighted by Gasteiger charge is 2.30. The van der Waals surface area contributed by atoms with Crippen LogP contribution in [0.2, 0.25) is 0 Å². The van der Waals surface area contributed by atoms with E-state index in [0.29, 0.717) is 16.9 Å². The molecule has 0 bridgehead atoms. The van der Waals surface area contributed by atoms with E-state index in [1.165, 1.54) is 4.31 Å². The first-order valence-corrected chi connectivity index (χ1v) is 10.1. The molecular weight excluding hydrogens is 362 g/mol. The molecule has 0 spiro atoms. The lowest BCUT2D eigenvalue weighted by Gasteiger charge is -2.17. The van der Waals surface area contributed by atoms with Crippen molar-refractivity contribution in [3.8, 4) is 0 Å². The largest absolute Gasteiger partial charge is 0.423 e. The van der Waals surface area contributed by atoms with E-state index in [-0.39, 0.29) is 18.0 Å². The third kappa shape index (κ3) is 4.18. The summed E-state index contributed by atoms with van der Waals surface area (Å²) < 4.78 is 32.5. The van der Waals surface area contributed by atoms with Crippen LogP contribution in [0.1, 0.15) is 22.8 Å². The highest BCUT2D eigenvalue weighted by molar-refractivity contribution is 7.89. The Hall–Kier alpha value is -2.70. The van der Waals surface area contributed by atoms with Gasteiger partial charge >= 0.3 is 5.97 Å². The summed E-state index contributed by atoms with van der Waals surface area (Å²) in [6.45, 7) is 4.07. The third-order valence-electron chi connectivity index (χ3n) is 4.34. The fourth-order valence-corrected chi connectivity index (χ4v) is 4.15. The molecule has 3 rings (SSSR count). The molecule has 140 valence electrons. The Labute approximate surface area is 159 Å². The molecular formula is C21H21NO4S. The number of allylic oxidation sites excluding steroid dienone is 1. The Morgan fingerprint density at radius 3 is 2.37 bits per heavy atom. The standard InChI is InChI=1S/C21H21NO4S/c1-3-20(26-21(23)17-7-5-4-6-8-17)18-13-14-22(15-18)27(24,25)19-11-9-16(2)10-12-19/h3-13H,14-15H2,1-2H3/b20-3-. The van der Waals surface area contributed by atoms with Gasteiger partial charge in [-0.15, -0.1) is 0 Å². The molecule has 27 heavy (non-hydrogen) atoms. The first-order chi connectivity index (χ1) is 12.9. The summed E-state index contributed by atoms with van der Waals surface area (Å²) in [6, 6.07) is 15.4. The quantitative estimate of drug-likeness (QED) is 0.584. The molecule has 0 saturated heterocycles. The van der Waals surface area contributed by atoms with Gasteiger partial charge in [-0.05, 0) is 44.2 Å². The normalized spacial score (nSPS) is 15.5. The third-order valence-corrected chi connectivity index (χ3v) is 6.16. The molecule has 0 amide bonds. The smallest absolute Gasteiger partial charge is 0.343 e. The summed E-state index contributed by atoms with van der Waals surface area (Å²) in [5.74, 6) is -0.0881. The minimum absolute atomic E-state index is 0.165. The summed E-state index contributed by atoms with van der Waals surface area (Å²) >= 11 is 0. The Morgan fingerprint density at radius 2 is 1.74 bits per heavy atom. The SMILES string of the molecule is C/C=C(\OC(=O)c1ccccc1)C1=CCN(S(=O)(=O)c2ccc(C)cc2)C1. The van der Waals surface area contributed by atoms with Crippen molar-refractivity contribution in [3.63, 3.8) is 0 Å². The van der Waals surface area contributed by atoms with Gasteiger partial charge in [-0.2, -0.15) is 4.31 Å². The summed E-state index contributed by atoms with van der Waals surface area (Å²) in [5.41, 5.74) is 2.12. The number of nitrogens with zero attached hydrogens (tertiary/aromatic N) is 1. The van der Waals surface area contributed by atoms with Crippen molar-refractivity contribution >= 4 is 16.0 Å². The Kier molecular flexibility index (Phi) is 5.58. The highest BCUT2D eigenvalue weighted by Crippen LogP contribution is 2.25. The highest BCUT2D eigenvalue weighted by atomic mass is 32.2. The number of esters is 1. The van der Waals surface area contributed by atoms with Crippen LogP contribution in [0.3, 0.4) is 0 Å². The number of rotatable bonds is 5. The maximum Gasteiger partial charge on any atom is 0.343 e. The van der Waals surface area contributed by atoms with Gasteiger partial charge < -0.3 is 4.74 Å². The molecule has 0 aliphatic carbocycles. The molecule has 0 saturated carbocycles. The van der Waals surface area contributed by atoms with Crippen LogP contribution in [0.25, 0.3) is 0 Å². The second-order valence-corrected chi connectivity index (χ2v) is 8.19. The number of benzene rings is 2. The number of hydrogen-bond acceptors (Lipinski definition) is 4. The van der Waals surface area contributed by atoms with Crippen LogP contribution < -0.4 is 0 Å². The summed E-state index contributed by atoms with van der Waals surface area (Å²) in [7, 11) is -3.60. The number of carbonyl (C=O) groups excluding carboxylic acids is 1. The lowest BCUT2D eigenvalue weighted by molar-refractivity contribution is 0.0631. The van der Waals surface area contributed by atoms with Gasteiger partial charge in [0.15, 0.2) is 0 Å². The molecule has 5 nitrogen and oxygen atoms in total. The van der Waals surface area contributed by atoms with Crippen LogP contribution in [0.4, 0.5) is 0 Å². The van der Waals surface area contributed by atoms with E-state index >= 15 is 0 Å². The van der Waals surface area contributed by atoms with E-state index in [9.17, 15) is 13.2 Å². The van der Waals surface area contributed by atoms with Crippen LogP contribution in [0.5, 0.6) is 0 Å². The van der Waals surface area contributed by atoms with Crippen molar-refractivity contribution in [1.82, 2.24) is 4.31 Å². The molecule has 0 N–H and O–H groups in total. The molecule has 0 fully saturated rings. The minimum Gasteiger partial charge on any atom is -0.423 e. The Bertz CT molecular complexity index is 990. The average Bonchev–Trinajstić information content (AvgIpc) is 3.18. The molecule has 2 aromatic carbocycles. The summed E-state index contributed by atoms with van der Waals surface area (Å²) in [4.78, 5) is 12.5. The lowest BCUT2D eigenvalue weighted by Crippen LogP contribution is -2.29. The Balaban J connectivity index is 1.72. The first kappa shape index (κ1) is 19.1. The van der Waals surface area contributed by atoms with Gasteiger partial charge in [-0.1, -0.05) is 42.0 Å². The van der Waals surface area contributed by atoms with Crippen molar-refractivity contribution in [2.75, 3.05) is 13.1 Å². The van der Waals surface area contributed by atoms with Crippen LogP contribution in [-0.2, 0) is 14.8 Å². The van der Waals surface area contributed by atoms with Crippen molar-refractivity contribution in [3.05, 3.63) is 89.2 Å². The second kappa shape index (κ2) is 7.90. The van der Waals surface area contributed by atoms with Crippen LogP contribution in [0.15, 0.2) is 83.0 Å². The summed E-state index contributed by atoms with van der Waals surface area (Å²) in [6.07, 6.45) is 3.45. The van der Waals surface area contributed by atoms with Crippen molar-refractivity contribution < 1.29 is 17.9 Å². The van der Waals surface area contributed by atoms with Crippen LogP contribution >= 0.6 is 0 Å². The zero-order valence-electron chi connectivity index (χ0n) is 15.3. The topological polar surface area (TPSA) is 63.7 Å². The van der Waals surface area contributed by atoms with E-state index < -0.39 is 16.0 Å². The van der Waals surface area contributed by atoms with Crippen LogP contribution in [0, 0.1) is 6.92 Å². The van der Waals surface area contributed by atoms with Crippen molar-refractivity contribution in [2.45, 2.75) is 18.7 Å². The fourth-order valence-electron chi connectivity index (χ4n) is 2.79. The Morgan fingerprint density at radius 1 is 1.07 bits per heavy atom. The number of ether oxygens (including phenoxy) is 1. The summed E-state index contributed by atoms with van der Waals surface area (Å²) in [5, 5.41) is 0. The molecule has 0 atom stereocenters. The van der Waals surface area contributed by atoms with Gasteiger partial charge in [0, 0.05) is 18.7 Å². The lowest BCUT2D eigenvalue weighted by atomic mass is 10.2. The predicted molar refractivity (Wildman–Crippen MR) is 104 cm³/mol. The number of hydrogen-bond donors (Lipinski definition) is 0. The van der Waals surface area contributed by atoms with Crippen molar-refractivity contribution in [1.29, 1.82) is 0 Å². The molecule has 0 radical (unpaired) electrons. The van der Waals surface area contributed by atoms with Gasteiger partial charge in [-0.3, -0.25) is 0 Å². The monoisotopic (exact) mass is 383 g/mol. The maximum absolute atomic E-state index is 12.8. The predicted octanol–water partition coefficient (Wildman–Crippen LogP) is 3.69. The molecule has 0 aromatic heterocycles. The second-order valence-electron chi connectivity index (χ2n) is 6.25. The van der Waals surface area contributed by atoms with E-state index in [4.69, 9.17) is 4.74 Å². The van der Waals surface area contributed by atoms with E-state index in [1.807, 2.05) is 13.0 Å². The van der Waals surface area contributed by atoms with Gasteiger partial charge in [0.05, 0.1) is 10.5 Å². The van der Waals surface area contributed by atoms with Crippen molar-refractivity contribution in [2.24, 2.45) is 0 Å². The molecule has 1 aliphatic rings. The van der Waals surface area contributed by atoms with E-state index in [2.05, 4.69) is 0 Å². The molecule has 0 unspecified atom stereocenters. The van der Waals surface area contributed by atoms with E-state index in [1.54, 1.807) is 67.6 Å². The van der Waals surface area contributed by atoms with Gasteiger partial charge in [-0.25, -0.2) is 13.2 Å². The van der Waals surface area contributed by atoms with E-state index in [0.717, 1.165) is 5.56 Å². The van der Waals surface area contributed by atoms with Gasteiger partial charge in [0.1, 0.15) is 5.76 Å². The first-order valence-electron chi connectivity index (χ1n) is 8.61. The minimum atomic E-state index is -3.60. The number of carbonyl (C=O) groups is 1. The zero-order valence-corrected chi connectivity index (χ0v) is 16.1. The number of sulfonamides is 1. The maximum atomic E-state index is 12.8.